The van der Waals surface area contributed by atoms with Crippen molar-refractivity contribution in [2.24, 2.45) is 10.4 Å². The van der Waals surface area contributed by atoms with E-state index < -0.39 is 0 Å². The summed E-state index contributed by atoms with van der Waals surface area (Å²) >= 11 is 0. The molecule has 0 unspecified atom stereocenters. The third-order valence-electron chi connectivity index (χ3n) is 5.45. The highest BCUT2D eigenvalue weighted by atomic mass is 127. The molecular formula is C19H37IN4O2. The summed E-state index contributed by atoms with van der Waals surface area (Å²) < 4.78 is 5.59. The number of likely N-dealkylation sites (tertiary alicyclic amines) is 1. The lowest BCUT2D eigenvalue weighted by Crippen LogP contribution is -2.44. The molecule has 1 amide bonds. The minimum Gasteiger partial charge on any atom is -0.382 e. The first-order valence-electron chi connectivity index (χ1n) is 10.1. The Morgan fingerprint density at radius 3 is 2.42 bits per heavy atom. The van der Waals surface area contributed by atoms with E-state index in [2.05, 4.69) is 22.5 Å². The van der Waals surface area contributed by atoms with Gasteiger partial charge in [0.05, 0.1) is 0 Å². The van der Waals surface area contributed by atoms with E-state index in [0.29, 0.717) is 5.41 Å². The first kappa shape index (κ1) is 23.5. The molecule has 26 heavy (non-hydrogen) atoms. The molecule has 2 fully saturated rings. The number of rotatable bonds is 9. The van der Waals surface area contributed by atoms with Gasteiger partial charge in [0.1, 0.15) is 6.54 Å². The SMILES string of the molecule is CCNC(=NCC(=O)N1CCCC1)NCC1(CCOCC)CCCC1.I. The molecule has 152 valence electrons. The molecule has 1 saturated heterocycles. The average molecular weight is 480 g/mol. The van der Waals surface area contributed by atoms with Gasteiger partial charge in [-0.15, -0.1) is 24.0 Å². The predicted molar refractivity (Wildman–Crippen MR) is 117 cm³/mol. The van der Waals surface area contributed by atoms with Gasteiger partial charge in [0.2, 0.25) is 5.91 Å². The molecule has 2 rings (SSSR count). The van der Waals surface area contributed by atoms with Crippen LogP contribution in [-0.2, 0) is 9.53 Å². The van der Waals surface area contributed by atoms with Crippen molar-refractivity contribution < 1.29 is 9.53 Å². The van der Waals surface area contributed by atoms with E-state index in [1.807, 2.05) is 11.8 Å². The summed E-state index contributed by atoms with van der Waals surface area (Å²) in [5.74, 6) is 0.902. The number of halogens is 1. The number of hydrogen-bond donors (Lipinski definition) is 2. The van der Waals surface area contributed by atoms with Gasteiger partial charge in [-0.25, -0.2) is 4.99 Å². The standard InChI is InChI=1S/C19H36N4O2.HI/c1-3-20-18(21-15-17(24)23-12-7-8-13-23)22-16-19(9-5-6-10-19)11-14-25-4-2;/h3-16H2,1-2H3,(H2,20,21,22);1H. The molecular weight excluding hydrogens is 443 g/mol. The maximum atomic E-state index is 12.2. The van der Waals surface area contributed by atoms with Crippen molar-refractivity contribution >= 4 is 35.8 Å². The second-order valence-electron chi connectivity index (χ2n) is 7.29. The van der Waals surface area contributed by atoms with Crippen molar-refractivity contribution in [2.75, 3.05) is 45.9 Å². The van der Waals surface area contributed by atoms with Gasteiger partial charge in [0.25, 0.3) is 0 Å². The number of nitrogens with zero attached hydrogens (tertiary/aromatic N) is 2. The number of aliphatic imine (C=N–C) groups is 1. The molecule has 0 aromatic rings. The molecule has 0 radical (unpaired) electrons. The number of hydrogen-bond acceptors (Lipinski definition) is 3. The van der Waals surface area contributed by atoms with Crippen LogP contribution in [0.15, 0.2) is 4.99 Å². The Labute approximate surface area is 175 Å². The average Bonchev–Trinajstić information content (AvgIpc) is 3.30. The maximum absolute atomic E-state index is 12.2. The fraction of sp³-hybridized carbons (Fsp3) is 0.895. The third-order valence-corrected chi connectivity index (χ3v) is 5.45. The van der Waals surface area contributed by atoms with Crippen LogP contribution < -0.4 is 10.6 Å². The minimum absolute atomic E-state index is 0. The Hall–Kier alpha value is -0.570. The third kappa shape index (κ3) is 7.58. The van der Waals surface area contributed by atoms with Crippen LogP contribution in [0, 0.1) is 5.41 Å². The van der Waals surface area contributed by atoms with Crippen LogP contribution >= 0.6 is 24.0 Å². The molecule has 0 bridgehead atoms. The zero-order chi connectivity index (χ0) is 18.0. The van der Waals surface area contributed by atoms with Gasteiger partial charge >= 0.3 is 0 Å². The highest BCUT2D eigenvalue weighted by molar-refractivity contribution is 14.0. The summed E-state index contributed by atoms with van der Waals surface area (Å²) in [5, 5.41) is 6.76. The van der Waals surface area contributed by atoms with E-state index in [9.17, 15) is 4.79 Å². The number of carbonyl (C=O) groups is 1. The number of ether oxygens (including phenoxy) is 1. The predicted octanol–water partition coefficient (Wildman–Crippen LogP) is 2.77. The number of nitrogens with one attached hydrogen (secondary N) is 2. The largest absolute Gasteiger partial charge is 0.382 e. The molecule has 0 atom stereocenters. The number of amides is 1. The van der Waals surface area contributed by atoms with Crippen molar-refractivity contribution in [3.05, 3.63) is 0 Å². The van der Waals surface area contributed by atoms with Crippen LogP contribution in [0.1, 0.15) is 58.8 Å². The first-order valence-corrected chi connectivity index (χ1v) is 10.1. The Balaban J connectivity index is 0.00000338. The molecule has 1 aliphatic carbocycles. The van der Waals surface area contributed by atoms with E-state index in [1.165, 1.54) is 25.7 Å². The molecule has 2 N–H and O–H groups in total. The summed E-state index contributed by atoms with van der Waals surface area (Å²) in [5.41, 5.74) is 0.310. The molecule has 0 aromatic heterocycles. The molecule has 1 aliphatic heterocycles. The summed E-state index contributed by atoms with van der Waals surface area (Å²) in [6, 6.07) is 0. The highest BCUT2D eigenvalue weighted by Crippen LogP contribution is 2.40. The van der Waals surface area contributed by atoms with E-state index in [-0.39, 0.29) is 36.4 Å². The van der Waals surface area contributed by atoms with Gasteiger partial charge < -0.3 is 20.3 Å². The van der Waals surface area contributed by atoms with Crippen molar-refractivity contribution in [3.8, 4) is 0 Å². The van der Waals surface area contributed by atoms with Gasteiger partial charge in [-0.05, 0) is 51.4 Å². The van der Waals surface area contributed by atoms with Crippen LogP contribution in [-0.4, -0.2) is 62.7 Å². The Bertz CT molecular complexity index is 433. The monoisotopic (exact) mass is 480 g/mol. The number of guanidine groups is 1. The topological polar surface area (TPSA) is 66.0 Å². The van der Waals surface area contributed by atoms with E-state index in [4.69, 9.17) is 4.74 Å². The second-order valence-corrected chi connectivity index (χ2v) is 7.29. The number of carbonyl (C=O) groups excluding carboxylic acids is 1. The molecule has 6 nitrogen and oxygen atoms in total. The lowest BCUT2D eigenvalue weighted by Gasteiger charge is -2.30. The van der Waals surface area contributed by atoms with Crippen molar-refractivity contribution in [1.82, 2.24) is 15.5 Å². The maximum Gasteiger partial charge on any atom is 0.244 e. The van der Waals surface area contributed by atoms with Crippen LogP contribution in [0.5, 0.6) is 0 Å². The summed E-state index contributed by atoms with van der Waals surface area (Å²) in [6.45, 7) is 9.44. The van der Waals surface area contributed by atoms with Crippen LogP contribution in [0.25, 0.3) is 0 Å². The van der Waals surface area contributed by atoms with Crippen LogP contribution in [0.2, 0.25) is 0 Å². The Morgan fingerprint density at radius 2 is 1.81 bits per heavy atom. The van der Waals surface area contributed by atoms with Gasteiger partial charge in [0.15, 0.2) is 5.96 Å². The van der Waals surface area contributed by atoms with Crippen molar-refractivity contribution in [3.63, 3.8) is 0 Å². The molecule has 2 aliphatic rings. The van der Waals surface area contributed by atoms with E-state index in [1.54, 1.807) is 0 Å². The zero-order valence-electron chi connectivity index (χ0n) is 16.5. The Kier molecular flexibility index (Phi) is 11.5. The van der Waals surface area contributed by atoms with Crippen LogP contribution in [0.4, 0.5) is 0 Å². The van der Waals surface area contributed by atoms with Crippen molar-refractivity contribution in [1.29, 1.82) is 0 Å². The lowest BCUT2D eigenvalue weighted by atomic mass is 9.83. The molecule has 1 heterocycles. The molecule has 0 aromatic carbocycles. The fourth-order valence-corrected chi connectivity index (χ4v) is 3.90. The van der Waals surface area contributed by atoms with Gasteiger partial charge in [0, 0.05) is 39.4 Å². The van der Waals surface area contributed by atoms with Gasteiger partial charge in [-0.2, -0.15) is 0 Å². The first-order chi connectivity index (χ1) is 12.2. The van der Waals surface area contributed by atoms with E-state index in [0.717, 1.165) is 64.6 Å². The molecule has 7 heteroatoms. The summed E-state index contributed by atoms with van der Waals surface area (Å²) in [6.07, 6.45) is 8.44. The quantitative estimate of drug-likeness (QED) is 0.231. The normalized spacial score (nSPS) is 19.3. The Morgan fingerprint density at radius 1 is 1.12 bits per heavy atom. The molecule has 1 saturated carbocycles. The second kappa shape index (κ2) is 12.8. The summed E-state index contributed by atoms with van der Waals surface area (Å²) in [4.78, 5) is 18.6. The smallest absolute Gasteiger partial charge is 0.244 e. The lowest BCUT2D eigenvalue weighted by molar-refractivity contribution is -0.128. The highest BCUT2D eigenvalue weighted by Gasteiger charge is 2.33. The van der Waals surface area contributed by atoms with E-state index >= 15 is 0 Å². The van der Waals surface area contributed by atoms with Crippen molar-refractivity contribution in [2.45, 2.75) is 58.8 Å². The van der Waals surface area contributed by atoms with Crippen LogP contribution in [0.3, 0.4) is 0 Å². The zero-order valence-corrected chi connectivity index (χ0v) is 18.8. The van der Waals surface area contributed by atoms with Gasteiger partial charge in [-0.1, -0.05) is 12.8 Å². The summed E-state index contributed by atoms with van der Waals surface area (Å²) in [7, 11) is 0. The minimum atomic E-state index is 0. The van der Waals surface area contributed by atoms with Gasteiger partial charge in [-0.3, -0.25) is 4.79 Å². The molecule has 0 spiro atoms. The fourth-order valence-electron chi connectivity index (χ4n) is 3.90.